The number of aromatic nitrogens is 5. The van der Waals surface area contributed by atoms with Crippen molar-refractivity contribution in [1.29, 1.82) is 0 Å². The van der Waals surface area contributed by atoms with Gasteiger partial charge in [0.15, 0.2) is 5.65 Å². The van der Waals surface area contributed by atoms with Gasteiger partial charge in [-0.2, -0.15) is 4.68 Å². The summed E-state index contributed by atoms with van der Waals surface area (Å²) < 4.78 is 6.84. The Morgan fingerprint density at radius 3 is 2.67 bits per heavy atom. The Kier molecular flexibility index (Phi) is 6.41. The van der Waals surface area contributed by atoms with Gasteiger partial charge in [-0.1, -0.05) is 34.8 Å². The summed E-state index contributed by atoms with van der Waals surface area (Å²) >= 11 is 18.0. The summed E-state index contributed by atoms with van der Waals surface area (Å²) in [5, 5.41) is 0.720. The number of hydrogen-bond donors (Lipinski definition) is 2. The lowest BCUT2D eigenvalue weighted by atomic mass is 10.1. The van der Waals surface area contributed by atoms with Crippen LogP contribution in [0.5, 0.6) is 0 Å². The predicted molar refractivity (Wildman–Crippen MR) is 123 cm³/mol. The van der Waals surface area contributed by atoms with Gasteiger partial charge in [0, 0.05) is 16.8 Å². The molecule has 0 aliphatic rings. The standard InChI is InChI=1S/C20H15Cl3N6O4/c1-2-33-19(31)27-29-14(17(30)11-4-3-10(21)7-12(11)22)8-28(20(29)32)9-16-24-13-5-6-15(23)25-18(13)26-16/h3-8H,2,9H2,1H3,(H,27,31)(H,24,25,26). The van der Waals surface area contributed by atoms with Gasteiger partial charge in [-0.25, -0.2) is 25.0 Å². The number of benzene rings is 1. The second-order valence-electron chi connectivity index (χ2n) is 6.73. The van der Waals surface area contributed by atoms with Crippen LogP contribution >= 0.6 is 34.8 Å². The highest BCUT2D eigenvalue weighted by Crippen LogP contribution is 2.23. The van der Waals surface area contributed by atoms with E-state index in [2.05, 4.69) is 20.4 Å². The fourth-order valence-electron chi connectivity index (χ4n) is 3.10. The molecular weight excluding hydrogens is 495 g/mol. The number of aromatic amines is 1. The number of pyridine rings is 1. The molecule has 0 radical (unpaired) electrons. The molecule has 0 aliphatic heterocycles. The fourth-order valence-corrected chi connectivity index (χ4v) is 3.74. The first-order valence-corrected chi connectivity index (χ1v) is 10.7. The SMILES string of the molecule is CCOC(=O)Nn1c(C(=O)c2ccc(Cl)cc2Cl)cn(Cc2nc3ccc(Cl)nc3[nH]2)c1=O. The van der Waals surface area contributed by atoms with Crippen molar-refractivity contribution in [3.63, 3.8) is 0 Å². The van der Waals surface area contributed by atoms with Gasteiger partial charge in [0.25, 0.3) is 0 Å². The smallest absolute Gasteiger partial charge is 0.426 e. The number of fused-ring (bicyclic) bond motifs is 1. The number of nitrogens with one attached hydrogen (secondary N) is 2. The van der Waals surface area contributed by atoms with E-state index >= 15 is 0 Å². The molecule has 1 amide bonds. The van der Waals surface area contributed by atoms with Crippen molar-refractivity contribution >= 4 is 57.8 Å². The highest BCUT2D eigenvalue weighted by atomic mass is 35.5. The minimum Gasteiger partial charge on any atom is -0.449 e. The molecule has 0 fully saturated rings. The second kappa shape index (κ2) is 9.26. The van der Waals surface area contributed by atoms with E-state index in [9.17, 15) is 14.4 Å². The molecule has 33 heavy (non-hydrogen) atoms. The van der Waals surface area contributed by atoms with Gasteiger partial charge in [-0.15, -0.1) is 0 Å². The molecule has 4 rings (SSSR count). The van der Waals surface area contributed by atoms with Crippen LogP contribution in [-0.4, -0.2) is 42.7 Å². The van der Waals surface area contributed by atoms with Gasteiger partial charge in [-0.3, -0.25) is 9.36 Å². The van der Waals surface area contributed by atoms with Crippen molar-refractivity contribution in [2.24, 2.45) is 0 Å². The Morgan fingerprint density at radius 1 is 1.15 bits per heavy atom. The first kappa shape index (κ1) is 22.8. The number of carbonyl (C=O) groups is 2. The average molecular weight is 510 g/mol. The molecule has 4 aromatic rings. The minimum absolute atomic E-state index is 0.0427. The third-order valence-corrected chi connectivity index (χ3v) is 5.28. The van der Waals surface area contributed by atoms with Gasteiger partial charge in [0.05, 0.1) is 18.2 Å². The van der Waals surface area contributed by atoms with Crippen LogP contribution in [0.1, 0.15) is 28.8 Å². The van der Waals surface area contributed by atoms with E-state index in [-0.39, 0.29) is 34.6 Å². The topological polar surface area (TPSA) is 124 Å². The number of nitrogens with zero attached hydrogens (tertiary/aromatic N) is 4. The van der Waals surface area contributed by atoms with Crippen molar-refractivity contribution in [2.75, 3.05) is 12.0 Å². The lowest BCUT2D eigenvalue weighted by Crippen LogP contribution is -2.36. The number of ketones is 1. The van der Waals surface area contributed by atoms with Crippen molar-refractivity contribution in [3.8, 4) is 0 Å². The Labute approximate surface area is 201 Å². The van der Waals surface area contributed by atoms with Crippen molar-refractivity contribution < 1.29 is 14.3 Å². The van der Waals surface area contributed by atoms with E-state index in [1.807, 2.05) is 0 Å². The summed E-state index contributed by atoms with van der Waals surface area (Å²) in [6.07, 6.45) is 0.381. The van der Waals surface area contributed by atoms with Gasteiger partial charge < -0.3 is 9.72 Å². The highest BCUT2D eigenvalue weighted by Gasteiger charge is 2.23. The number of halogens is 3. The summed E-state index contributed by atoms with van der Waals surface area (Å²) in [5.74, 6) is -0.221. The number of carbonyl (C=O) groups excluding carboxylic acids is 2. The first-order chi connectivity index (χ1) is 15.8. The lowest BCUT2D eigenvalue weighted by molar-refractivity contribution is 0.103. The minimum atomic E-state index is -0.906. The maximum absolute atomic E-state index is 13.2. The number of ether oxygens (including phenoxy) is 1. The Hall–Kier alpha value is -3.34. The van der Waals surface area contributed by atoms with Gasteiger partial charge in [0.1, 0.15) is 22.2 Å². The molecule has 0 saturated carbocycles. The molecule has 0 aliphatic carbocycles. The van der Waals surface area contributed by atoms with E-state index in [0.717, 1.165) is 4.68 Å². The third-order valence-electron chi connectivity index (χ3n) is 4.52. The number of H-pyrrole nitrogens is 1. The molecular formula is C20H15Cl3N6O4. The molecule has 3 heterocycles. The van der Waals surface area contributed by atoms with Crippen LogP contribution in [0.25, 0.3) is 11.2 Å². The average Bonchev–Trinajstić information content (AvgIpc) is 3.29. The highest BCUT2D eigenvalue weighted by molar-refractivity contribution is 6.37. The van der Waals surface area contributed by atoms with Crippen molar-refractivity contribution in [1.82, 2.24) is 24.2 Å². The Balaban J connectivity index is 1.76. The molecule has 0 bridgehead atoms. The van der Waals surface area contributed by atoms with Crippen molar-refractivity contribution in [3.05, 3.63) is 79.3 Å². The summed E-state index contributed by atoms with van der Waals surface area (Å²) in [6.45, 7) is 1.63. The van der Waals surface area contributed by atoms with Crippen LogP contribution in [-0.2, 0) is 11.3 Å². The molecule has 170 valence electrons. The largest absolute Gasteiger partial charge is 0.449 e. The molecule has 10 nitrogen and oxygen atoms in total. The number of hydrogen-bond acceptors (Lipinski definition) is 6. The van der Waals surface area contributed by atoms with Crippen LogP contribution in [0, 0.1) is 0 Å². The first-order valence-electron chi connectivity index (χ1n) is 9.53. The molecule has 1 aromatic carbocycles. The van der Waals surface area contributed by atoms with Crippen LogP contribution in [0.4, 0.5) is 4.79 Å². The maximum atomic E-state index is 13.2. The molecule has 13 heteroatoms. The third kappa shape index (κ3) is 4.72. The maximum Gasteiger partial charge on any atom is 0.426 e. The van der Waals surface area contributed by atoms with Crippen LogP contribution in [0.15, 0.2) is 41.3 Å². The van der Waals surface area contributed by atoms with E-state index in [1.54, 1.807) is 19.1 Å². The Bertz CT molecular complexity index is 1440. The molecule has 0 atom stereocenters. The van der Waals surface area contributed by atoms with E-state index < -0.39 is 17.6 Å². The molecule has 0 unspecified atom stereocenters. The van der Waals surface area contributed by atoms with Gasteiger partial charge in [-0.05, 0) is 37.3 Å². The van der Waals surface area contributed by atoms with Gasteiger partial charge >= 0.3 is 11.8 Å². The molecule has 0 saturated heterocycles. The van der Waals surface area contributed by atoms with E-state index in [1.165, 1.54) is 29.0 Å². The number of imidazole rings is 2. The van der Waals surface area contributed by atoms with Crippen LogP contribution < -0.4 is 11.1 Å². The number of rotatable bonds is 6. The second-order valence-corrected chi connectivity index (χ2v) is 7.96. The van der Waals surface area contributed by atoms with Gasteiger partial charge in [0.2, 0.25) is 5.78 Å². The summed E-state index contributed by atoms with van der Waals surface area (Å²) in [7, 11) is 0. The fraction of sp³-hybridized carbons (Fsp3) is 0.150. The predicted octanol–water partition coefficient (Wildman–Crippen LogP) is 3.86. The number of amides is 1. The van der Waals surface area contributed by atoms with E-state index in [0.29, 0.717) is 22.0 Å². The van der Waals surface area contributed by atoms with Crippen LogP contribution in [0.3, 0.4) is 0 Å². The molecule has 0 spiro atoms. The molecule has 3 aromatic heterocycles. The van der Waals surface area contributed by atoms with Crippen molar-refractivity contribution in [2.45, 2.75) is 13.5 Å². The summed E-state index contributed by atoms with van der Waals surface area (Å²) in [5.41, 5.74) is 2.52. The normalized spacial score (nSPS) is 11.0. The summed E-state index contributed by atoms with van der Waals surface area (Å²) in [6, 6.07) is 7.59. The van der Waals surface area contributed by atoms with Crippen LogP contribution in [0.2, 0.25) is 15.2 Å². The quantitative estimate of drug-likeness (QED) is 0.300. The zero-order valence-corrected chi connectivity index (χ0v) is 19.2. The van der Waals surface area contributed by atoms with E-state index in [4.69, 9.17) is 39.5 Å². The Morgan fingerprint density at radius 2 is 1.94 bits per heavy atom. The molecule has 2 N–H and O–H groups in total. The monoisotopic (exact) mass is 508 g/mol. The zero-order chi connectivity index (χ0) is 23.7. The summed E-state index contributed by atoms with van der Waals surface area (Å²) in [4.78, 5) is 49.7. The lowest BCUT2D eigenvalue weighted by Gasteiger charge is -2.09. The zero-order valence-electron chi connectivity index (χ0n) is 16.9.